The Labute approximate surface area is 230 Å². The lowest BCUT2D eigenvalue weighted by Crippen LogP contribution is -2.25. The molecule has 2 N–H and O–H groups in total. The van der Waals surface area contributed by atoms with Crippen LogP contribution in [0.15, 0.2) is 23.1 Å². The predicted octanol–water partition coefficient (Wildman–Crippen LogP) is 9.69. The van der Waals surface area contributed by atoms with Crippen molar-refractivity contribution in [2.24, 2.45) is 10.6 Å². The summed E-state index contributed by atoms with van der Waals surface area (Å²) >= 11 is 0. The van der Waals surface area contributed by atoms with Crippen molar-refractivity contribution in [3.8, 4) is 5.75 Å². The molecule has 1 aromatic rings. The van der Waals surface area contributed by atoms with E-state index in [0.29, 0.717) is 12.4 Å². The Bertz CT molecular complexity index is 840. The van der Waals surface area contributed by atoms with Crippen molar-refractivity contribution in [3.63, 3.8) is 0 Å². The zero-order valence-electron chi connectivity index (χ0n) is 25.2. The molecule has 0 fully saturated rings. The van der Waals surface area contributed by atoms with Crippen LogP contribution < -0.4 is 9.88 Å². The number of hydrogen-bond acceptors (Lipinski definition) is 3. The summed E-state index contributed by atoms with van der Waals surface area (Å²) < 4.78 is 30.5. The number of primary sulfonamides is 1. The summed E-state index contributed by atoms with van der Waals surface area (Å²) in [6, 6.07) is 5.49. The summed E-state index contributed by atoms with van der Waals surface area (Å²) in [6.45, 7) is 13.7. The summed E-state index contributed by atoms with van der Waals surface area (Å²) in [5.41, 5.74) is 0.943. The molecule has 0 amide bonds. The lowest BCUT2D eigenvalue weighted by molar-refractivity contribution is 0.281. The molecule has 0 heterocycles. The van der Waals surface area contributed by atoms with Crippen LogP contribution in [-0.4, -0.2) is 15.0 Å². The third-order valence-corrected chi connectivity index (χ3v) is 8.19. The Morgan fingerprint density at radius 3 is 1.54 bits per heavy atom. The predicted molar refractivity (Wildman–Crippen MR) is 160 cm³/mol. The molecule has 0 radical (unpaired) electrons. The number of benzene rings is 1. The molecule has 0 saturated carbocycles. The molecule has 0 atom stereocenters. The van der Waals surface area contributed by atoms with E-state index in [2.05, 4.69) is 41.5 Å². The summed E-state index contributed by atoms with van der Waals surface area (Å²) in [7, 11) is -3.86. The second-order valence-electron chi connectivity index (χ2n) is 13.0. The molecule has 0 aliphatic carbocycles. The van der Waals surface area contributed by atoms with Gasteiger partial charge in [-0.1, -0.05) is 144 Å². The number of ether oxygens (including phenoxy) is 1. The van der Waals surface area contributed by atoms with Gasteiger partial charge in [-0.05, 0) is 41.4 Å². The Balaban J connectivity index is 2.26. The van der Waals surface area contributed by atoms with Crippen LogP contribution in [0.1, 0.15) is 156 Å². The van der Waals surface area contributed by atoms with Gasteiger partial charge < -0.3 is 4.74 Å². The van der Waals surface area contributed by atoms with E-state index in [1.165, 1.54) is 89.9 Å². The van der Waals surface area contributed by atoms with E-state index >= 15 is 0 Å². The first kappa shape index (κ1) is 34.0. The van der Waals surface area contributed by atoms with Gasteiger partial charge in [0.2, 0.25) is 10.0 Å². The van der Waals surface area contributed by atoms with Crippen molar-refractivity contribution >= 4 is 10.0 Å². The van der Waals surface area contributed by atoms with Crippen LogP contribution in [-0.2, 0) is 15.4 Å². The van der Waals surface area contributed by atoms with E-state index in [1.807, 2.05) is 6.07 Å². The van der Waals surface area contributed by atoms with Gasteiger partial charge in [0, 0.05) is 0 Å². The fourth-order valence-corrected chi connectivity index (χ4v) is 6.23. The van der Waals surface area contributed by atoms with Crippen molar-refractivity contribution in [2.45, 2.75) is 161 Å². The van der Waals surface area contributed by atoms with E-state index in [1.54, 1.807) is 12.1 Å². The molecule has 0 unspecified atom stereocenters. The maximum Gasteiger partial charge on any atom is 0.241 e. The van der Waals surface area contributed by atoms with Crippen LogP contribution in [0.4, 0.5) is 0 Å². The molecule has 0 aromatic heterocycles. The minimum absolute atomic E-state index is 0.100. The third kappa shape index (κ3) is 15.8. The van der Waals surface area contributed by atoms with Crippen LogP contribution in [0.2, 0.25) is 0 Å². The van der Waals surface area contributed by atoms with Gasteiger partial charge in [0.15, 0.2) is 0 Å². The summed E-state index contributed by atoms with van der Waals surface area (Å²) in [4.78, 5) is 0.100. The molecule has 4 nitrogen and oxygen atoms in total. The lowest BCUT2D eigenvalue weighted by Gasteiger charge is -2.33. The average molecular weight is 538 g/mol. The minimum atomic E-state index is -3.86. The highest BCUT2D eigenvalue weighted by molar-refractivity contribution is 7.89. The van der Waals surface area contributed by atoms with Gasteiger partial charge in [0.05, 0.1) is 6.61 Å². The fourth-order valence-electron chi connectivity index (χ4n) is 5.53. The zero-order chi connectivity index (χ0) is 27.8. The zero-order valence-corrected chi connectivity index (χ0v) is 26.0. The Hall–Kier alpha value is -1.07. The Kier molecular flexibility index (Phi) is 16.1. The molecule has 37 heavy (non-hydrogen) atoms. The maximum absolute atomic E-state index is 12.3. The summed E-state index contributed by atoms with van der Waals surface area (Å²) in [5, 5.41) is 5.56. The number of nitrogens with two attached hydrogens (primary N) is 1. The van der Waals surface area contributed by atoms with E-state index in [4.69, 9.17) is 9.88 Å². The van der Waals surface area contributed by atoms with Crippen molar-refractivity contribution in [3.05, 3.63) is 23.8 Å². The summed E-state index contributed by atoms with van der Waals surface area (Å²) in [5.74, 6) is 0.374. The topological polar surface area (TPSA) is 69.4 Å². The highest BCUT2D eigenvalue weighted by Gasteiger charge is 2.29. The van der Waals surface area contributed by atoms with Crippen LogP contribution in [0.5, 0.6) is 5.75 Å². The van der Waals surface area contributed by atoms with E-state index < -0.39 is 10.0 Å². The third-order valence-electron chi connectivity index (χ3n) is 7.26. The molecule has 1 rings (SSSR count). The number of sulfonamides is 1. The standard InChI is InChI=1S/C32H59NO3S/c1-7-8-9-10-11-12-13-14-15-16-17-18-19-20-21-22-25-36-29-24-23-28(26-30(29)37(33,34)35)32(5,6)27-31(2,3)4/h23-24,26H,7-22,25,27H2,1-6H3,(H2,33,34,35). The van der Waals surface area contributed by atoms with Crippen LogP contribution >= 0.6 is 0 Å². The maximum atomic E-state index is 12.3. The van der Waals surface area contributed by atoms with Crippen molar-refractivity contribution in [1.29, 1.82) is 0 Å². The molecule has 0 bridgehead atoms. The minimum Gasteiger partial charge on any atom is -0.492 e. The smallest absolute Gasteiger partial charge is 0.241 e. The van der Waals surface area contributed by atoms with E-state index in [9.17, 15) is 8.42 Å². The van der Waals surface area contributed by atoms with E-state index in [-0.39, 0.29) is 15.7 Å². The second kappa shape index (κ2) is 17.5. The Morgan fingerprint density at radius 1 is 0.703 bits per heavy atom. The van der Waals surface area contributed by atoms with Crippen molar-refractivity contribution in [1.82, 2.24) is 0 Å². The molecule has 0 saturated heterocycles. The molecule has 5 heteroatoms. The van der Waals surface area contributed by atoms with Gasteiger partial charge in [-0.2, -0.15) is 0 Å². The molecule has 216 valence electrons. The molecule has 0 aliphatic rings. The summed E-state index contributed by atoms with van der Waals surface area (Å²) in [6.07, 6.45) is 22.1. The van der Waals surface area contributed by atoms with E-state index in [0.717, 1.165) is 24.8 Å². The van der Waals surface area contributed by atoms with Gasteiger partial charge in [-0.3, -0.25) is 0 Å². The first-order chi connectivity index (χ1) is 17.4. The number of rotatable bonds is 21. The number of unbranched alkanes of at least 4 members (excludes halogenated alkanes) is 15. The van der Waals surface area contributed by atoms with Gasteiger partial charge in [0.1, 0.15) is 10.6 Å². The van der Waals surface area contributed by atoms with Gasteiger partial charge >= 0.3 is 0 Å². The van der Waals surface area contributed by atoms with Crippen LogP contribution in [0.3, 0.4) is 0 Å². The first-order valence-electron chi connectivity index (χ1n) is 15.2. The van der Waals surface area contributed by atoms with Crippen molar-refractivity contribution < 1.29 is 13.2 Å². The second-order valence-corrected chi connectivity index (χ2v) is 14.5. The molecule has 1 aromatic carbocycles. The largest absolute Gasteiger partial charge is 0.492 e. The fraction of sp³-hybridized carbons (Fsp3) is 0.812. The number of hydrogen-bond donors (Lipinski definition) is 1. The average Bonchev–Trinajstić information content (AvgIpc) is 2.79. The molecular formula is C32H59NO3S. The van der Waals surface area contributed by atoms with Crippen molar-refractivity contribution in [2.75, 3.05) is 6.61 Å². The highest BCUT2D eigenvalue weighted by Crippen LogP contribution is 2.38. The SMILES string of the molecule is CCCCCCCCCCCCCCCCCCOc1ccc(C(C)(C)CC(C)(C)C)cc1S(N)(=O)=O. The van der Waals surface area contributed by atoms with Gasteiger partial charge in [-0.25, -0.2) is 13.6 Å². The molecule has 0 aliphatic heterocycles. The first-order valence-corrected chi connectivity index (χ1v) is 16.7. The monoisotopic (exact) mass is 537 g/mol. The molecular weight excluding hydrogens is 478 g/mol. The van der Waals surface area contributed by atoms with Crippen LogP contribution in [0.25, 0.3) is 0 Å². The lowest BCUT2D eigenvalue weighted by atomic mass is 9.72. The normalized spacial score (nSPS) is 12.7. The van der Waals surface area contributed by atoms with Gasteiger partial charge in [0.25, 0.3) is 0 Å². The van der Waals surface area contributed by atoms with Crippen LogP contribution in [0, 0.1) is 5.41 Å². The van der Waals surface area contributed by atoms with Gasteiger partial charge in [-0.15, -0.1) is 0 Å². The highest BCUT2D eigenvalue weighted by atomic mass is 32.2. The Morgan fingerprint density at radius 2 is 1.14 bits per heavy atom. The molecule has 0 spiro atoms. The quantitative estimate of drug-likeness (QED) is 0.159.